The Hall–Kier alpha value is -2.47. The Morgan fingerprint density at radius 3 is 2.59 bits per heavy atom. The second-order valence-corrected chi connectivity index (χ2v) is 7.54. The van der Waals surface area contributed by atoms with E-state index in [2.05, 4.69) is 21.6 Å². The van der Waals surface area contributed by atoms with E-state index in [9.17, 15) is 13.6 Å². The summed E-state index contributed by atoms with van der Waals surface area (Å²) in [5.41, 5.74) is 2.66. The summed E-state index contributed by atoms with van der Waals surface area (Å²) in [4.78, 5) is 14.5. The predicted octanol–water partition coefficient (Wildman–Crippen LogP) is 3.43. The minimum absolute atomic E-state index is 0.0612. The lowest BCUT2D eigenvalue weighted by molar-refractivity contribution is -0.122. The van der Waals surface area contributed by atoms with Crippen molar-refractivity contribution in [3.05, 3.63) is 65.2 Å². The molecule has 0 aromatic heterocycles. The third kappa shape index (κ3) is 3.95. The maximum absolute atomic E-state index is 13.4. The second kappa shape index (κ2) is 7.27. The zero-order chi connectivity index (χ0) is 18.9. The number of carbonyl (C=O) groups is 1. The molecule has 2 N–H and O–H groups in total. The van der Waals surface area contributed by atoms with Crippen LogP contribution in [0.15, 0.2) is 42.5 Å². The topological polar surface area (TPSA) is 44.4 Å². The largest absolute Gasteiger partial charge is 0.379 e. The number of fused-ring (bicyclic) bond motifs is 1. The van der Waals surface area contributed by atoms with Crippen LogP contribution >= 0.6 is 0 Å². The number of para-hydroxylation sites is 1. The summed E-state index contributed by atoms with van der Waals surface area (Å²) < 4.78 is 26.5. The van der Waals surface area contributed by atoms with Gasteiger partial charge in [-0.2, -0.15) is 0 Å². The molecule has 2 aliphatic rings. The summed E-state index contributed by atoms with van der Waals surface area (Å²) in [7, 11) is 0. The van der Waals surface area contributed by atoms with Crippen LogP contribution in [-0.4, -0.2) is 29.4 Å². The average molecular weight is 371 g/mol. The van der Waals surface area contributed by atoms with Crippen LogP contribution in [0.2, 0.25) is 0 Å². The Labute approximate surface area is 157 Å². The number of anilines is 1. The quantitative estimate of drug-likeness (QED) is 0.850. The third-order valence-corrected chi connectivity index (χ3v) is 5.60. The van der Waals surface area contributed by atoms with Gasteiger partial charge in [0.2, 0.25) is 5.91 Å². The van der Waals surface area contributed by atoms with Gasteiger partial charge in [-0.25, -0.2) is 8.78 Å². The molecule has 0 unspecified atom stereocenters. The van der Waals surface area contributed by atoms with E-state index in [0.717, 1.165) is 42.7 Å². The van der Waals surface area contributed by atoms with Crippen molar-refractivity contribution in [3.8, 4) is 0 Å². The summed E-state index contributed by atoms with van der Waals surface area (Å²) in [5.74, 6) is -1.57. The number of nitrogens with one attached hydrogen (secondary N) is 2. The SMILES string of the molecule is O=C1CC2(CCN(Cc3ccc(F)c(F)c3)CC2)Nc2ccccc2CN1. The number of benzene rings is 2. The Kier molecular flexibility index (Phi) is 4.83. The monoisotopic (exact) mass is 371 g/mol. The number of piperidine rings is 1. The van der Waals surface area contributed by atoms with E-state index in [-0.39, 0.29) is 11.4 Å². The van der Waals surface area contributed by atoms with Gasteiger partial charge in [0.1, 0.15) is 0 Å². The highest BCUT2D eigenvalue weighted by Gasteiger charge is 2.37. The predicted molar refractivity (Wildman–Crippen MR) is 100 cm³/mol. The van der Waals surface area contributed by atoms with Crippen LogP contribution in [0.1, 0.15) is 30.4 Å². The zero-order valence-corrected chi connectivity index (χ0v) is 15.1. The maximum Gasteiger partial charge on any atom is 0.222 e. The van der Waals surface area contributed by atoms with Gasteiger partial charge in [-0.15, -0.1) is 0 Å². The van der Waals surface area contributed by atoms with E-state index >= 15 is 0 Å². The van der Waals surface area contributed by atoms with E-state index in [1.54, 1.807) is 6.07 Å². The molecule has 2 aromatic rings. The second-order valence-electron chi connectivity index (χ2n) is 7.54. The van der Waals surface area contributed by atoms with Crippen molar-refractivity contribution in [1.82, 2.24) is 10.2 Å². The van der Waals surface area contributed by atoms with Crippen LogP contribution in [0, 0.1) is 11.6 Å². The number of hydrogen-bond donors (Lipinski definition) is 2. The molecule has 4 rings (SSSR count). The summed E-state index contributed by atoms with van der Waals surface area (Å²) in [6.45, 7) is 2.71. The fourth-order valence-corrected chi connectivity index (χ4v) is 4.03. The molecule has 0 aliphatic carbocycles. The molecule has 2 aliphatic heterocycles. The summed E-state index contributed by atoms with van der Waals surface area (Å²) in [6.07, 6.45) is 2.08. The summed E-state index contributed by atoms with van der Waals surface area (Å²) in [5, 5.41) is 6.65. The maximum atomic E-state index is 13.4. The molecule has 0 saturated carbocycles. The average Bonchev–Trinajstić information content (AvgIpc) is 2.65. The Bertz CT molecular complexity index is 847. The lowest BCUT2D eigenvalue weighted by Crippen LogP contribution is -2.52. The van der Waals surface area contributed by atoms with E-state index in [0.29, 0.717) is 19.5 Å². The lowest BCUT2D eigenvalue weighted by Gasteiger charge is -2.44. The molecular weight excluding hydrogens is 348 g/mol. The van der Waals surface area contributed by atoms with Crippen molar-refractivity contribution in [2.45, 2.75) is 37.9 Å². The minimum Gasteiger partial charge on any atom is -0.379 e. The van der Waals surface area contributed by atoms with Crippen LogP contribution < -0.4 is 10.6 Å². The first-order valence-electron chi connectivity index (χ1n) is 9.32. The summed E-state index contributed by atoms with van der Waals surface area (Å²) >= 11 is 0. The molecule has 2 heterocycles. The van der Waals surface area contributed by atoms with Crippen LogP contribution in [-0.2, 0) is 17.9 Å². The number of carbonyl (C=O) groups excluding carboxylic acids is 1. The van der Waals surface area contributed by atoms with Gasteiger partial charge in [-0.05, 0) is 42.2 Å². The van der Waals surface area contributed by atoms with Gasteiger partial charge < -0.3 is 10.6 Å². The molecule has 0 radical (unpaired) electrons. The van der Waals surface area contributed by atoms with Crippen LogP contribution in [0.5, 0.6) is 0 Å². The van der Waals surface area contributed by atoms with Gasteiger partial charge in [-0.3, -0.25) is 9.69 Å². The molecule has 4 nitrogen and oxygen atoms in total. The van der Waals surface area contributed by atoms with Crippen LogP contribution in [0.25, 0.3) is 0 Å². The lowest BCUT2D eigenvalue weighted by atomic mass is 9.82. The third-order valence-electron chi connectivity index (χ3n) is 5.60. The van der Waals surface area contributed by atoms with E-state index in [1.165, 1.54) is 12.1 Å². The van der Waals surface area contributed by atoms with Crippen molar-refractivity contribution >= 4 is 11.6 Å². The van der Waals surface area contributed by atoms with Crippen molar-refractivity contribution < 1.29 is 13.6 Å². The van der Waals surface area contributed by atoms with Crippen molar-refractivity contribution in [2.24, 2.45) is 0 Å². The normalized spacial score (nSPS) is 19.6. The minimum atomic E-state index is -0.820. The molecular formula is C21H23F2N3O. The van der Waals surface area contributed by atoms with Crippen molar-refractivity contribution in [1.29, 1.82) is 0 Å². The molecule has 142 valence electrons. The Morgan fingerprint density at radius 1 is 1.04 bits per heavy atom. The number of nitrogens with zero attached hydrogens (tertiary/aromatic N) is 1. The molecule has 1 saturated heterocycles. The smallest absolute Gasteiger partial charge is 0.222 e. The van der Waals surface area contributed by atoms with Crippen LogP contribution in [0.4, 0.5) is 14.5 Å². The Morgan fingerprint density at radius 2 is 1.81 bits per heavy atom. The van der Waals surface area contributed by atoms with Gasteiger partial charge >= 0.3 is 0 Å². The standard InChI is InChI=1S/C21H23F2N3O/c22-17-6-5-15(11-18(17)23)14-26-9-7-21(8-10-26)12-20(27)24-13-16-3-1-2-4-19(16)25-21/h1-6,11,25H,7-10,12-14H2,(H,24,27). The highest BCUT2D eigenvalue weighted by molar-refractivity contribution is 5.79. The number of likely N-dealkylation sites (tertiary alicyclic amines) is 1. The van der Waals surface area contributed by atoms with Gasteiger partial charge in [0.15, 0.2) is 11.6 Å². The summed E-state index contributed by atoms with van der Waals surface area (Å²) in [6, 6.07) is 12.1. The number of amides is 1. The van der Waals surface area contributed by atoms with Gasteiger partial charge in [0, 0.05) is 43.8 Å². The molecule has 2 aromatic carbocycles. The molecule has 6 heteroatoms. The number of halogens is 2. The first kappa shape index (κ1) is 17.9. The number of hydrogen-bond acceptors (Lipinski definition) is 3. The zero-order valence-electron chi connectivity index (χ0n) is 15.1. The fraction of sp³-hybridized carbons (Fsp3) is 0.381. The van der Waals surface area contributed by atoms with Gasteiger partial charge in [0.05, 0.1) is 0 Å². The van der Waals surface area contributed by atoms with E-state index in [1.807, 2.05) is 18.2 Å². The molecule has 1 fully saturated rings. The first-order chi connectivity index (χ1) is 13.0. The molecule has 27 heavy (non-hydrogen) atoms. The molecule has 1 amide bonds. The van der Waals surface area contributed by atoms with Gasteiger partial charge in [0.25, 0.3) is 0 Å². The molecule has 0 atom stereocenters. The van der Waals surface area contributed by atoms with E-state index < -0.39 is 11.6 Å². The molecule has 1 spiro atoms. The Balaban J connectivity index is 1.46. The van der Waals surface area contributed by atoms with Crippen molar-refractivity contribution in [3.63, 3.8) is 0 Å². The van der Waals surface area contributed by atoms with Crippen molar-refractivity contribution in [2.75, 3.05) is 18.4 Å². The van der Waals surface area contributed by atoms with E-state index in [4.69, 9.17) is 0 Å². The first-order valence-corrected chi connectivity index (χ1v) is 9.32. The van der Waals surface area contributed by atoms with Gasteiger partial charge in [-0.1, -0.05) is 24.3 Å². The molecule has 0 bridgehead atoms. The highest BCUT2D eigenvalue weighted by atomic mass is 19.2. The number of rotatable bonds is 2. The van der Waals surface area contributed by atoms with Crippen LogP contribution in [0.3, 0.4) is 0 Å². The highest BCUT2D eigenvalue weighted by Crippen LogP contribution is 2.33. The fourth-order valence-electron chi connectivity index (χ4n) is 4.03.